The number of unbranched alkanes of at least 4 members (excludes halogenated alkanes) is 1. The van der Waals surface area contributed by atoms with E-state index in [1.165, 1.54) is 31.7 Å². The van der Waals surface area contributed by atoms with Gasteiger partial charge in [-0.15, -0.1) is 0 Å². The topological polar surface area (TPSA) is 29.3 Å². The number of hydrogen-bond acceptors (Lipinski definition) is 2. The summed E-state index contributed by atoms with van der Waals surface area (Å²) in [6.07, 6.45) is 4.99. The van der Waals surface area contributed by atoms with Gasteiger partial charge in [0, 0.05) is 19.1 Å². The summed E-state index contributed by atoms with van der Waals surface area (Å²) in [5, 5.41) is 0. The number of nitrogens with zero attached hydrogens (tertiary/aromatic N) is 1. The van der Waals surface area contributed by atoms with Crippen LogP contribution in [0, 0.1) is 5.82 Å². The van der Waals surface area contributed by atoms with E-state index in [9.17, 15) is 4.39 Å². The zero-order chi connectivity index (χ0) is 13.0. The zero-order valence-corrected chi connectivity index (χ0v) is 11.2. The second-order valence-electron chi connectivity index (χ2n) is 5.17. The van der Waals surface area contributed by atoms with Crippen LogP contribution in [-0.4, -0.2) is 17.5 Å². The van der Waals surface area contributed by atoms with Crippen molar-refractivity contribution in [2.45, 2.75) is 51.7 Å². The molecule has 1 aromatic carbocycles. The molecule has 0 aliphatic heterocycles. The first-order valence-corrected chi connectivity index (χ1v) is 6.96. The molecule has 0 radical (unpaired) electrons. The first-order chi connectivity index (χ1) is 8.74. The Bertz CT molecular complexity index is 388. The van der Waals surface area contributed by atoms with E-state index in [0.29, 0.717) is 12.6 Å². The molecule has 18 heavy (non-hydrogen) atoms. The lowest BCUT2D eigenvalue weighted by molar-refractivity contribution is 0.249. The first kappa shape index (κ1) is 13.5. The molecular weight excluding hydrogens is 227 g/mol. The minimum atomic E-state index is -0.159. The highest BCUT2D eigenvalue weighted by Gasteiger charge is 2.28. The predicted molar refractivity (Wildman–Crippen MR) is 72.6 cm³/mol. The van der Waals surface area contributed by atoms with Crippen LogP contribution in [0.25, 0.3) is 0 Å². The van der Waals surface area contributed by atoms with Crippen molar-refractivity contribution in [3.8, 4) is 0 Å². The smallest absolute Gasteiger partial charge is 0.123 e. The molecule has 3 heteroatoms. The van der Waals surface area contributed by atoms with Gasteiger partial charge in [0.05, 0.1) is 0 Å². The van der Waals surface area contributed by atoms with Crippen LogP contribution >= 0.6 is 0 Å². The maximum Gasteiger partial charge on any atom is 0.123 e. The number of hydrogen-bond donors (Lipinski definition) is 1. The number of benzene rings is 1. The monoisotopic (exact) mass is 250 g/mol. The van der Waals surface area contributed by atoms with Crippen molar-refractivity contribution >= 4 is 0 Å². The standard InChI is InChI=1S/C15H23FN2/c1-2-3-8-18(15-6-7-15)11-13-9-14(16)5-4-12(13)10-17/h4-5,9,15H,2-3,6-8,10-11,17H2,1H3. The van der Waals surface area contributed by atoms with Crippen LogP contribution in [0.15, 0.2) is 18.2 Å². The Morgan fingerprint density at radius 3 is 2.72 bits per heavy atom. The lowest BCUT2D eigenvalue weighted by atomic mass is 10.1. The van der Waals surface area contributed by atoms with E-state index in [1.54, 1.807) is 6.07 Å². The molecule has 1 aliphatic rings. The third-order valence-corrected chi connectivity index (χ3v) is 3.62. The third kappa shape index (κ3) is 3.53. The SMILES string of the molecule is CCCCN(Cc1cc(F)ccc1CN)C1CC1. The van der Waals surface area contributed by atoms with E-state index in [1.807, 2.05) is 6.07 Å². The summed E-state index contributed by atoms with van der Waals surface area (Å²) in [6.45, 7) is 4.65. The number of nitrogens with two attached hydrogens (primary N) is 1. The van der Waals surface area contributed by atoms with Gasteiger partial charge < -0.3 is 5.73 Å². The lowest BCUT2D eigenvalue weighted by Gasteiger charge is -2.23. The van der Waals surface area contributed by atoms with E-state index in [2.05, 4.69) is 11.8 Å². The molecule has 0 saturated heterocycles. The van der Waals surface area contributed by atoms with Crippen molar-refractivity contribution in [2.24, 2.45) is 5.73 Å². The van der Waals surface area contributed by atoms with Crippen LogP contribution in [0.2, 0.25) is 0 Å². The molecule has 0 heterocycles. The quantitative estimate of drug-likeness (QED) is 0.806. The van der Waals surface area contributed by atoms with Crippen LogP contribution in [0.5, 0.6) is 0 Å². The van der Waals surface area contributed by atoms with Gasteiger partial charge in [0.2, 0.25) is 0 Å². The predicted octanol–water partition coefficient (Wildman–Crippen LogP) is 3.05. The largest absolute Gasteiger partial charge is 0.326 e. The summed E-state index contributed by atoms with van der Waals surface area (Å²) in [6, 6.07) is 5.67. The van der Waals surface area contributed by atoms with Crippen molar-refractivity contribution in [3.05, 3.63) is 35.1 Å². The molecule has 100 valence electrons. The zero-order valence-electron chi connectivity index (χ0n) is 11.2. The molecule has 1 fully saturated rings. The van der Waals surface area contributed by atoms with Crippen LogP contribution in [0.4, 0.5) is 4.39 Å². The van der Waals surface area contributed by atoms with Crippen molar-refractivity contribution in [1.29, 1.82) is 0 Å². The minimum absolute atomic E-state index is 0.159. The highest BCUT2D eigenvalue weighted by atomic mass is 19.1. The summed E-state index contributed by atoms with van der Waals surface area (Å²) in [5.41, 5.74) is 7.85. The average Bonchev–Trinajstić information content (AvgIpc) is 3.19. The minimum Gasteiger partial charge on any atom is -0.326 e. The van der Waals surface area contributed by atoms with Crippen LogP contribution in [0.1, 0.15) is 43.7 Å². The second kappa shape index (κ2) is 6.30. The summed E-state index contributed by atoms with van der Waals surface area (Å²) in [5.74, 6) is -0.159. The Balaban J connectivity index is 2.07. The molecule has 2 nitrogen and oxygen atoms in total. The lowest BCUT2D eigenvalue weighted by Crippen LogP contribution is -2.27. The van der Waals surface area contributed by atoms with Gasteiger partial charge in [-0.25, -0.2) is 4.39 Å². The highest BCUT2D eigenvalue weighted by molar-refractivity contribution is 5.28. The normalized spacial score (nSPS) is 15.3. The summed E-state index contributed by atoms with van der Waals surface area (Å²) in [7, 11) is 0. The molecule has 1 aliphatic carbocycles. The molecule has 0 unspecified atom stereocenters. The Labute approximate surface area is 109 Å². The van der Waals surface area contributed by atoms with Gasteiger partial charge in [0.15, 0.2) is 0 Å². The van der Waals surface area contributed by atoms with Crippen molar-refractivity contribution < 1.29 is 4.39 Å². The van der Waals surface area contributed by atoms with Gasteiger partial charge in [0.1, 0.15) is 5.82 Å². The van der Waals surface area contributed by atoms with Gasteiger partial charge in [-0.1, -0.05) is 19.4 Å². The fourth-order valence-electron chi connectivity index (χ4n) is 2.35. The van der Waals surface area contributed by atoms with Gasteiger partial charge in [-0.05, 0) is 49.1 Å². The van der Waals surface area contributed by atoms with Gasteiger partial charge in [-0.2, -0.15) is 0 Å². The average molecular weight is 250 g/mol. The number of halogens is 1. The molecule has 2 rings (SSSR count). The molecule has 1 aromatic rings. The molecule has 0 amide bonds. The van der Waals surface area contributed by atoms with Gasteiger partial charge >= 0.3 is 0 Å². The molecule has 0 spiro atoms. The molecule has 2 N–H and O–H groups in total. The van der Waals surface area contributed by atoms with E-state index in [4.69, 9.17) is 5.73 Å². The Hall–Kier alpha value is -0.930. The molecule has 1 saturated carbocycles. The molecule has 0 atom stereocenters. The van der Waals surface area contributed by atoms with Crippen molar-refractivity contribution in [1.82, 2.24) is 4.90 Å². The Morgan fingerprint density at radius 2 is 2.11 bits per heavy atom. The van der Waals surface area contributed by atoms with E-state index in [-0.39, 0.29) is 5.82 Å². The summed E-state index contributed by atoms with van der Waals surface area (Å²) in [4.78, 5) is 2.48. The van der Waals surface area contributed by atoms with Gasteiger partial charge in [0.25, 0.3) is 0 Å². The fraction of sp³-hybridized carbons (Fsp3) is 0.600. The van der Waals surface area contributed by atoms with E-state index >= 15 is 0 Å². The van der Waals surface area contributed by atoms with Gasteiger partial charge in [-0.3, -0.25) is 4.90 Å². The maximum atomic E-state index is 13.3. The molecular formula is C15H23FN2. The van der Waals surface area contributed by atoms with Crippen molar-refractivity contribution in [3.63, 3.8) is 0 Å². The first-order valence-electron chi connectivity index (χ1n) is 6.96. The van der Waals surface area contributed by atoms with Crippen LogP contribution in [0.3, 0.4) is 0 Å². The van der Waals surface area contributed by atoms with E-state index in [0.717, 1.165) is 24.2 Å². The van der Waals surface area contributed by atoms with Crippen molar-refractivity contribution in [2.75, 3.05) is 6.54 Å². The maximum absolute atomic E-state index is 13.3. The summed E-state index contributed by atoms with van der Waals surface area (Å²) < 4.78 is 13.3. The summed E-state index contributed by atoms with van der Waals surface area (Å²) >= 11 is 0. The Morgan fingerprint density at radius 1 is 1.33 bits per heavy atom. The molecule has 0 bridgehead atoms. The third-order valence-electron chi connectivity index (χ3n) is 3.62. The number of rotatable bonds is 7. The highest BCUT2D eigenvalue weighted by Crippen LogP contribution is 2.29. The van der Waals surface area contributed by atoms with E-state index < -0.39 is 0 Å². The fourth-order valence-corrected chi connectivity index (χ4v) is 2.35. The Kier molecular flexibility index (Phi) is 4.72. The van der Waals surface area contributed by atoms with Crippen LogP contribution in [-0.2, 0) is 13.1 Å². The molecule has 0 aromatic heterocycles. The second-order valence-corrected chi connectivity index (χ2v) is 5.17. The van der Waals surface area contributed by atoms with Crippen LogP contribution < -0.4 is 5.73 Å².